The number of aromatic carboxylic acids is 1. The Morgan fingerprint density at radius 2 is 1.86 bits per heavy atom. The number of aromatic hydroxyl groups is 1. The van der Waals surface area contributed by atoms with Crippen LogP contribution in [0.5, 0.6) is 11.5 Å². The standard InChI is InChI=1S/C8H8O4.C6H10O3/c1-12-7-4-5(8(10)11)2-3-6(7)9;1(5-3-8-5)7-2-6-4-9-6/h2-4,9H,1H3,(H,10,11);5-6H,1-4H2. The summed E-state index contributed by atoms with van der Waals surface area (Å²) in [5.41, 5.74) is 0.0876. The van der Waals surface area contributed by atoms with E-state index in [4.69, 9.17) is 29.2 Å². The lowest BCUT2D eigenvalue weighted by Gasteiger charge is -2.02. The lowest BCUT2D eigenvalue weighted by atomic mass is 10.2. The third-order valence-electron chi connectivity index (χ3n) is 2.84. The van der Waals surface area contributed by atoms with Gasteiger partial charge < -0.3 is 29.2 Å². The molecule has 0 radical (unpaired) electrons. The molecule has 0 amide bonds. The van der Waals surface area contributed by atoms with Crippen molar-refractivity contribution in [3.8, 4) is 11.5 Å². The maximum atomic E-state index is 10.4. The molecule has 0 spiro atoms. The van der Waals surface area contributed by atoms with E-state index in [0.29, 0.717) is 12.2 Å². The molecule has 3 rings (SSSR count). The first-order chi connectivity index (χ1) is 10.1. The van der Waals surface area contributed by atoms with E-state index >= 15 is 0 Å². The molecule has 2 saturated heterocycles. The van der Waals surface area contributed by atoms with E-state index in [-0.39, 0.29) is 17.1 Å². The molecular weight excluding hydrogens is 280 g/mol. The Hall–Kier alpha value is -1.83. The zero-order valence-electron chi connectivity index (χ0n) is 11.7. The van der Waals surface area contributed by atoms with Gasteiger partial charge in [-0.25, -0.2) is 4.79 Å². The Labute approximate surface area is 122 Å². The van der Waals surface area contributed by atoms with E-state index in [1.165, 1.54) is 25.3 Å². The summed E-state index contributed by atoms with van der Waals surface area (Å²) in [5, 5.41) is 17.7. The average Bonchev–Trinajstić information content (AvgIpc) is 3.35. The molecule has 2 aliphatic heterocycles. The van der Waals surface area contributed by atoms with Crippen LogP contribution in [0.25, 0.3) is 0 Å². The number of methoxy groups -OCH3 is 1. The Morgan fingerprint density at radius 1 is 1.29 bits per heavy atom. The van der Waals surface area contributed by atoms with Crippen LogP contribution in [0.15, 0.2) is 18.2 Å². The van der Waals surface area contributed by atoms with Crippen molar-refractivity contribution in [2.45, 2.75) is 12.2 Å². The lowest BCUT2D eigenvalue weighted by Crippen LogP contribution is -2.06. The third-order valence-corrected chi connectivity index (χ3v) is 2.84. The first kappa shape index (κ1) is 15.6. The smallest absolute Gasteiger partial charge is 0.335 e. The van der Waals surface area contributed by atoms with Gasteiger partial charge >= 0.3 is 5.97 Å². The van der Waals surface area contributed by atoms with Crippen LogP contribution in [0.1, 0.15) is 10.4 Å². The van der Waals surface area contributed by atoms with Crippen molar-refractivity contribution in [2.75, 3.05) is 33.5 Å². The fourth-order valence-electron chi connectivity index (χ4n) is 1.47. The quantitative estimate of drug-likeness (QED) is 0.752. The largest absolute Gasteiger partial charge is 0.504 e. The number of phenols is 1. The van der Waals surface area contributed by atoms with E-state index in [9.17, 15) is 4.79 Å². The molecule has 0 aromatic heterocycles. The van der Waals surface area contributed by atoms with Gasteiger partial charge in [0, 0.05) is 0 Å². The van der Waals surface area contributed by atoms with E-state index in [1.807, 2.05) is 0 Å². The zero-order chi connectivity index (χ0) is 15.2. The topological polar surface area (TPSA) is 101 Å². The van der Waals surface area contributed by atoms with Gasteiger partial charge in [0.2, 0.25) is 0 Å². The Morgan fingerprint density at radius 3 is 2.29 bits per heavy atom. The van der Waals surface area contributed by atoms with Crippen molar-refractivity contribution < 1.29 is 34.0 Å². The van der Waals surface area contributed by atoms with E-state index in [0.717, 1.165) is 26.4 Å². The molecule has 2 fully saturated rings. The maximum absolute atomic E-state index is 10.4. The van der Waals surface area contributed by atoms with Gasteiger partial charge in [-0.2, -0.15) is 0 Å². The number of hydrogen-bond acceptors (Lipinski definition) is 6. The minimum atomic E-state index is -1.05. The average molecular weight is 298 g/mol. The van der Waals surface area contributed by atoms with Crippen molar-refractivity contribution in [3.63, 3.8) is 0 Å². The highest BCUT2D eigenvalue weighted by atomic mass is 16.6. The number of carboxylic acid groups (broad SMARTS) is 1. The summed E-state index contributed by atoms with van der Waals surface area (Å²) in [7, 11) is 1.36. The predicted molar refractivity (Wildman–Crippen MR) is 71.9 cm³/mol. The summed E-state index contributed by atoms with van der Waals surface area (Å²) in [5.74, 6) is -0.953. The monoisotopic (exact) mass is 298 g/mol. The molecule has 2 unspecified atom stereocenters. The number of carbonyl (C=O) groups is 1. The van der Waals surface area contributed by atoms with Crippen LogP contribution in [0.3, 0.4) is 0 Å². The number of ether oxygens (including phenoxy) is 4. The van der Waals surface area contributed by atoms with Gasteiger partial charge in [0.25, 0.3) is 0 Å². The van der Waals surface area contributed by atoms with Crippen molar-refractivity contribution in [3.05, 3.63) is 23.8 Å². The number of carboxylic acids is 1. The fourth-order valence-corrected chi connectivity index (χ4v) is 1.47. The summed E-state index contributed by atoms with van der Waals surface area (Å²) in [6.07, 6.45) is 0.785. The molecule has 116 valence electrons. The summed E-state index contributed by atoms with van der Waals surface area (Å²) in [6, 6.07) is 3.85. The molecular formula is C14H18O7. The van der Waals surface area contributed by atoms with Gasteiger partial charge in [-0.3, -0.25) is 0 Å². The Kier molecular flexibility index (Phi) is 5.38. The first-order valence-electron chi connectivity index (χ1n) is 6.51. The molecule has 21 heavy (non-hydrogen) atoms. The highest BCUT2D eigenvalue weighted by Gasteiger charge is 2.26. The molecule has 0 saturated carbocycles. The fraction of sp³-hybridized carbons (Fsp3) is 0.500. The molecule has 7 heteroatoms. The predicted octanol–water partition coefficient (Wildman–Crippen LogP) is 0.900. The van der Waals surface area contributed by atoms with Gasteiger partial charge in [0.15, 0.2) is 11.5 Å². The summed E-state index contributed by atoms with van der Waals surface area (Å²) < 4.78 is 19.8. The van der Waals surface area contributed by atoms with Gasteiger partial charge in [-0.05, 0) is 18.2 Å². The third kappa shape index (κ3) is 5.58. The van der Waals surface area contributed by atoms with Crippen molar-refractivity contribution >= 4 is 5.97 Å². The Bertz CT molecular complexity index is 468. The van der Waals surface area contributed by atoms with Gasteiger partial charge in [0.05, 0.1) is 39.1 Å². The second kappa shape index (κ2) is 7.26. The normalized spacial score (nSPS) is 22.0. The molecule has 0 bridgehead atoms. The zero-order valence-corrected chi connectivity index (χ0v) is 11.7. The lowest BCUT2D eigenvalue weighted by molar-refractivity contribution is 0.0696. The van der Waals surface area contributed by atoms with E-state index in [1.54, 1.807) is 0 Å². The highest BCUT2D eigenvalue weighted by molar-refractivity contribution is 5.88. The van der Waals surface area contributed by atoms with E-state index < -0.39 is 5.97 Å². The number of epoxide rings is 2. The number of benzene rings is 1. The minimum Gasteiger partial charge on any atom is -0.504 e. The maximum Gasteiger partial charge on any atom is 0.335 e. The molecule has 7 nitrogen and oxygen atoms in total. The Balaban J connectivity index is 0.000000159. The molecule has 1 aromatic rings. The van der Waals surface area contributed by atoms with E-state index in [2.05, 4.69) is 0 Å². The van der Waals surface area contributed by atoms with Crippen molar-refractivity contribution in [2.24, 2.45) is 0 Å². The number of rotatable bonds is 6. The molecule has 2 aliphatic rings. The molecule has 2 atom stereocenters. The summed E-state index contributed by atoms with van der Waals surface area (Å²) in [4.78, 5) is 10.4. The van der Waals surface area contributed by atoms with Crippen LogP contribution < -0.4 is 4.74 Å². The second-order valence-corrected chi connectivity index (χ2v) is 4.64. The van der Waals surface area contributed by atoms with Gasteiger partial charge in [0.1, 0.15) is 12.2 Å². The molecule has 2 N–H and O–H groups in total. The van der Waals surface area contributed by atoms with Gasteiger partial charge in [-0.15, -0.1) is 0 Å². The number of hydrogen-bond donors (Lipinski definition) is 2. The highest BCUT2D eigenvalue weighted by Crippen LogP contribution is 2.25. The van der Waals surface area contributed by atoms with Crippen LogP contribution in [-0.4, -0.2) is 61.9 Å². The van der Waals surface area contributed by atoms with Crippen LogP contribution >= 0.6 is 0 Å². The molecule has 1 aromatic carbocycles. The second-order valence-electron chi connectivity index (χ2n) is 4.64. The van der Waals surface area contributed by atoms with Crippen molar-refractivity contribution in [1.82, 2.24) is 0 Å². The number of phenolic OH excluding ortho intramolecular Hbond substituents is 1. The van der Waals surface area contributed by atoms with Crippen LogP contribution in [0.2, 0.25) is 0 Å². The van der Waals surface area contributed by atoms with Gasteiger partial charge in [-0.1, -0.05) is 0 Å². The van der Waals surface area contributed by atoms with Crippen LogP contribution in [-0.2, 0) is 14.2 Å². The minimum absolute atomic E-state index is 0.0671. The van der Waals surface area contributed by atoms with Crippen molar-refractivity contribution in [1.29, 1.82) is 0 Å². The van der Waals surface area contributed by atoms with Crippen LogP contribution in [0.4, 0.5) is 0 Å². The molecule has 2 heterocycles. The SMILES string of the molecule is C(OCC1CO1)C1CO1.COc1cc(C(=O)O)ccc1O. The van der Waals surface area contributed by atoms with Crippen LogP contribution in [0, 0.1) is 0 Å². The summed E-state index contributed by atoms with van der Waals surface area (Å²) >= 11 is 0. The molecule has 0 aliphatic carbocycles. The summed E-state index contributed by atoms with van der Waals surface area (Å²) in [6.45, 7) is 3.26. The first-order valence-corrected chi connectivity index (χ1v) is 6.51.